The molecule has 0 saturated carbocycles. The number of rotatable bonds is 26. The van der Waals surface area contributed by atoms with Gasteiger partial charge in [-0.05, 0) is 86.6 Å². The van der Waals surface area contributed by atoms with Crippen molar-refractivity contribution in [2.75, 3.05) is 92.2 Å². The summed E-state index contributed by atoms with van der Waals surface area (Å²) in [7, 11) is 0. The minimum atomic E-state index is -0.0631. The van der Waals surface area contributed by atoms with Crippen molar-refractivity contribution in [2.45, 2.75) is 40.0 Å². The molecule has 0 N–H and O–H groups in total. The zero-order valence-corrected chi connectivity index (χ0v) is 40.8. The Labute approximate surface area is 416 Å². The van der Waals surface area contributed by atoms with Gasteiger partial charge < -0.3 is 37.3 Å². The minimum Gasteiger partial charge on any atom is -0.491 e. The van der Waals surface area contributed by atoms with Crippen molar-refractivity contribution >= 4 is 21.9 Å². The fraction of sp³-hybridized carbons (Fsp3) is 0.370. The van der Waals surface area contributed by atoms with Crippen LogP contribution in [-0.4, -0.2) is 132 Å². The maximum atomic E-state index is 12.6. The molecule has 18 heteroatoms. The van der Waals surface area contributed by atoms with Crippen LogP contribution in [0.4, 0.5) is 0 Å². The van der Waals surface area contributed by atoms with E-state index in [0.29, 0.717) is 124 Å². The number of piperazine rings is 1. The molecule has 1 aliphatic heterocycles. The zero-order valence-electron chi connectivity index (χ0n) is 40.8. The van der Waals surface area contributed by atoms with Gasteiger partial charge in [-0.25, -0.2) is 9.36 Å². The number of hydrogen-bond acceptors (Lipinski definition) is 16. The van der Waals surface area contributed by atoms with Crippen LogP contribution >= 0.6 is 0 Å². The van der Waals surface area contributed by atoms with Crippen molar-refractivity contribution in [1.82, 2.24) is 39.8 Å². The molecule has 0 spiro atoms. The molecule has 1 aliphatic rings. The van der Waals surface area contributed by atoms with Crippen molar-refractivity contribution in [1.29, 1.82) is 0 Å². The minimum absolute atomic E-state index is 0.0631. The van der Waals surface area contributed by atoms with Crippen LogP contribution in [0.3, 0.4) is 0 Å². The molecular formula is C54H60N8O10. The number of aryl methyl sites for hydroxylation is 2. The van der Waals surface area contributed by atoms with E-state index in [1.54, 1.807) is 0 Å². The van der Waals surface area contributed by atoms with E-state index in [9.17, 15) is 9.59 Å². The maximum absolute atomic E-state index is 12.6. The van der Waals surface area contributed by atoms with Gasteiger partial charge in [0.2, 0.25) is 0 Å². The Morgan fingerprint density at radius 2 is 0.861 bits per heavy atom. The van der Waals surface area contributed by atoms with Gasteiger partial charge in [-0.15, -0.1) is 10.2 Å². The van der Waals surface area contributed by atoms with Gasteiger partial charge in [0, 0.05) is 74.9 Å². The normalized spacial score (nSPS) is 13.4. The summed E-state index contributed by atoms with van der Waals surface area (Å²) >= 11 is 0. The largest absolute Gasteiger partial charge is 0.491 e. The number of hydrogen-bond donors (Lipinski definition) is 0. The van der Waals surface area contributed by atoms with Gasteiger partial charge in [0.05, 0.1) is 88.1 Å². The lowest BCUT2D eigenvalue weighted by Crippen LogP contribution is -2.45. The number of nitrogens with zero attached hydrogens (tertiary/aromatic N) is 8. The van der Waals surface area contributed by atoms with E-state index in [2.05, 4.69) is 30.4 Å². The molecule has 1 saturated heterocycles. The second kappa shape index (κ2) is 24.9. The van der Waals surface area contributed by atoms with Crippen molar-refractivity contribution in [3.63, 3.8) is 0 Å². The third kappa shape index (κ3) is 14.1. The number of ether oxygens (including phenoxy) is 6. The highest BCUT2D eigenvalue weighted by Gasteiger charge is 2.19. The third-order valence-electron chi connectivity index (χ3n) is 12.1. The predicted molar refractivity (Wildman–Crippen MR) is 270 cm³/mol. The molecule has 0 amide bonds. The summed E-state index contributed by atoms with van der Waals surface area (Å²) in [6, 6.07) is 29.2. The average molecular weight is 981 g/mol. The van der Waals surface area contributed by atoms with E-state index in [-0.39, 0.29) is 10.9 Å². The molecule has 4 aromatic heterocycles. The third-order valence-corrected chi connectivity index (χ3v) is 12.1. The lowest BCUT2D eigenvalue weighted by atomic mass is 10.1. The molecular weight excluding hydrogens is 921 g/mol. The van der Waals surface area contributed by atoms with Gasteiger partial charge in [0.15, 0.2) is 10.9 Å². The van der Waals surface area contributed by atoms with E-state index < -0.39 is 0 Å². The Bertz CT molecular complexity index is 2900. The highest BCUT2D eigenvalue weighted by molar-refractivity contribution is 5.80. The first-order valence-corrected chi connectivity index (χ1v) is 24.4. The first kappa shape index (κ1) is 49.9. The summed E-state index contributed by atoms with van der Waals surface area (Å²) in [5.41, 5.74) is 6.52. The topological polar surface area (TPSA) is 184 Å². The molecule has 72 heavy (non-hydrogen) atoms. The highest BCUT2D eigenvalue weighted by atomic mass is 16.5. The molecule has 0 atom stereocenters. The molecule has 0 unspecified atom stereocenters. The van der Waals surface area contributed by atoms with Gasteiger partial charge in [-0.1, -0.05) is 33.7 Å². The Balaban J connectivity index is 0.563. The predicted octanol–water partition coefficient (Wildman–Crippen LogP) is 6.58. The van der Waals surface area contributed by atoms with Crippen molar-refractivity contribution in [3.05, 3.63) is 152 Å². The number of benzene rings is 4. The summed E-state index contributed by atoms with van der Waals surface area (Å²) in [4.78, 5) is 30.0. The molecule has 0 aliphatic carbocycles. The molecule has 9 rings (SSSR count). The van der Waals surface area contributed by atoms with Gasteiger partial charge >= 0.3 is 0 Å². The van der Waals surface area contributed by atoms with E-state index in [1.807, 2.05) is 121 Å². The van der Waals surface area contributed by atoms with Gasteiger partial charge in [0.1, 0.15) is 47.4 Å². The van der Waals surface area contributed by atoms with Crippen LogP contribution in [0.15, 0.2) is 128 Å². The monoisotopic (exact) mass is 980 g/mol. The van der Waals surface area contributed by atoms with Crippen LogP contribution in [0.5, 0.6) is 11.5 Å². The molecule has 1 fully saturated rings. The second-order valence-corrected chi connectivity index (χ2v) is 17.6. The summed E-state index contributed by atoms with van der Waals surface area (Å²) in [6.07, 6.45) is 3.97. The summed E-state index contributed by atoms with van der Waals surface area (Å²) in [6.45, 7) is 14.9. The fourth-order valence-electron chi connectivity index (χ4n) is 8.26. The zero-order chi connectivity index (χ0) is 49.5. The van der Waals surface area contributed by atoms with Gasteiger partial charge in [0.25, 0.3) is 0 Å². The number of aromatic nitrogens is 6. The SMILES string of the molecule is Cc1ccc2oc(-c3ccc(OCCOCCOCCn4cc(CN5CCN(Cc6cn(CCOCCOCCOc7ccc(-c8cc(=O)c9cc(C)ccc9o8)cc7)nn6)CC5)nn4)cc3)cc(=O)c2c1. The average Bonchev–Trinajstić information content (AvgIpc) is 4.05. The maximum Gasteiger partial charge on any atom is 0.193 e. The summed E-state index contributed by atoms with van der Waals surface area (Å²) in [5, 5.41) is 18.5. The van der Waals surface area contributed by atoms with Crippen LogP contribution in [0.25, 0.3) is 44.6 Å². The van der Waals surface area contributed by atoms with Crippen molar-refractivity contribution in [3.8, 4) is 34.1 Å². The van der Waals surface area contributed by atoms with Gasteiger partial charge in [-0.2, -0.15) is 0 Å². The standard InChI is InChI=1S/C54H60N8O10/c1-39-3-13-51-47(31-39)49(63)33-53(71-51)41-5-9-45(10-6-41)69-29-27-67-25-23-65-21-19-61-37-43(55-57-61)35-59-15-17-60(18-16-59)36-44-38-62(58-56-44)20-22-66-24-26-68-28-30-70-46-11-7-42(8-12-46)54-34-50(64)48-32-40(2)4-14-52(48)72-54/h3-14,31-34,37-38H,15-30,35-36H2,1-2H3. The summed E-state index contributed by atoms with van der Waals surface area (Å²) < 4.78 is 50.1. The number of fused-ring (bicyclic) bond motifs is 2. The molecule has 0 radical (unpaired) electrons. The lowest BCUT2D eigenvalue weighted by Gasteiger charge is -2.33. The second-order valence-electron chi connectivity index (χ2n) is 17.6. The molecule has 18 nitrogen and oxygen atoms in total. The van der Waals surface area contributed by atoms with Crippen LogP contribution < -0.4 is 20.3 Å². The van der Waals surface area contributed by atoms with Crippen molar-refractivity contribution in [2.24, 2.45) is 0 Å². The Morgan fingerprint density at radius 3 is 1.28 bits per heavy atom. The molecule has 376 valence electrons. The highest BCUT2D eigenvalue weighted by Crippen LogP contribution is 2.26. The Kier molecular flexibility index (Phi) is 17.2. The van der Waals surface area contributed by atoms with Gasteiger partial charge in [-0.3, -0.25) is 19.4 Å². The first-order chi connectivity index (χ1) is 35.3. The Morgan fingerprint density at radius 1 is 0.472 bits per heavy atom. The smallest absolute Gasteiger partial charge is 0.193 e. The quantitative estimate of drug-likeness (QED) is 0.0530. The molecule has 4 aromatic carbocycles. The van der Waals surface area contributed by atoms with E-state index in [0.717, 1.165) is 72.9 Å². The van der Waals surface area contributed by atoms with E-state index >= 15 is 0 Å². The van der Waals surface area contributed by atoms with Crippen LogP contribution in [0.1, 0.15) is 22.5 Å². The summed E-state index contributed by atoms with van der Waals surface area (Å²) in [5.74, 6) is 2.45. The van der Waals surface area contributed by atoms with E-state index in [4.69, 9.17) is 37.3 Å². The molecule has 0 bridgehead atoms. The van der Waals surface area contributed by atoms with E-state index in [1.165, 1.54) is 12.1 Å². The Hall–Kier alpha value is -7.06. The van der Waals surface area contributed by atoms with Crippen LogP contribution in [0.2, 0.25) is 0 Å². The fourth-order valence-corrected chi connectivity index (χ4v) is 8.26. The van der Waals surface area contributed by atoms with Crippen LogP contribution in [-0.2, 0) is 45.1 Å². The molecule has 8 aromatic rings. The molecule has 5 heterocycles. The lowest BCUT2D eigenvalue weighted by molar-refractivity contribution is 0.0332. The van der Waals surface area contributed by atoms with Crippen molar-refractivity contribution < 1.29 is 37.3 Å². The first-order valence-electron chi connectivity index (χ1n) is 24.4. The van der Waals surface area contributed by atoms with Crippen LogP contribution in [0, 0.1) is 13.8 Å².